The Hall–Kier alpha value is -0.720. The molecule has 2 aliphatic carbocycles. The first-order chi connectivity index (χ1) is 15.5. The summed E-state index contributed by atoms with van der Waals surface area (Å²) in [5.41, 5.74) is 9.29. The van der Waals surface area contributed by atoms with Gasteiger partial charge in [-0.15, -0.1) is 0 Å². The molecule has 4 heteroatoms. The quantitative estimate of drug-likeness (QED) is 0.208. The van der Waals surface area contributed by atoms with Crippen LogP contribution in [0.1, 0.15) is 53.6 Å². The van der Waals surface area contributed by atoms with Gasteiger partial charge in [0.1, 0.15) is 0 Å². The van der Waals surface area contributed by atoms with Crippen molar-refractivity contribution in [3.8, 4) is 11.1 Å². The Balaban J connectivity index is 0.00000162. The van der Waals surface area contributed by atoms with Crippen molar-refractivity contribution >= 4 is 17.3 Å². The molecule has 0 radical (unpaired) electrons. The second-order valence-electron chi connectivity index (χ2n) is 10.1. The normalized spacial score (nSPS) is 15.3. The number of fused-ring (bicyclic) bond motifs is 4. The monoisotopic (exact) mass is 674 g/mol. The van der Waals surface area contributed by atoms with Crippen molar-refractivity contribution < 1.29 is 47.7 Å². The zero-order valence-corrected chi connectivity index (χ0v) is 26.5. The van der Waals surface area contributed by atoms with Gasteiger partial charge in [-0.3, -0.25) is 0 Å². The van der Waals surface area contributed by atoms with Crippen molar-refractivity contribution in [1.82, 2.24) is 0 Å². The largest absolute Gasteiger partial charge is 1.00 e. The summed E-state index contributed by atoms with van der Waals surface area (Å²) in [6.07, 6.45) is 6.52. The Morgan fingerprint density at radius 1 is 0.794 bits per heavy atom. The Morgan fingerprint density at radius 2 is 1.44 bits per heavy atom. The fourth-order valence-corrected chi connectivity index (χ4v) is 16.6. The third-order valence-corrected chi connectivity index (χ3v) is 17.0. The van der Waals surface area contributed by atoms with Gasteiger partial charge in [0, 0.05) is 0 Å². The van der Waals surface area contributed by atoms with E-state index in [9.17, 15) is 0 Å². The maximum atomic E-state index is 2.63. The molecular formula is C30H33Cl2HfP. The minimum absolute atomic E-state index is 0. The minimum Gasteiger partial charge on any atom is -1.00 e. The van der Waals surface area contributed by atoms with E-state index >= 15 is 0 Å². The van der Waals surface area contributed by atoms with Gasteiger partial charge in [0.05, 0.1) is 0 Å². The first-order valence-corrected chi connectivity index (χ1v) is 17.6. The molecule has 1 atom stereocenters. The molecule has 0 N–H and O–H groups in total. The smallest absolute Gasteiger partial charge is 1.00 e. The molecule has 0 saturated carbocycles. The molecule has 0 fully saturated rings. The van der Waals surface area contributed by atoms with E-state index in [0.29, 0.717) is 0 Å². The van der Waals surface area contributed by atoms with Crippen LogP contribution in [-0.2, 0) is 29.3 Å². The fraction of sp³-hybridized carbons (Fsp3) is 0.333. The maximum Gasteiger partial charge on any atom is -1.00 e. The summed E-state index contributed by atoms with van der Waals surface area (Å²) in [6.45, 7) is 9.65. The van der Waals surface area contributed by atoms with Crippen LogP contribution in [0, 0.1) is 11.8 Å². The van der Waals surface area contributed by atoms with Crippen LogP contribution in [0.4, 0.5) is 0 Å². The summed E-state index contributed by atoms with van der Waals surface area (Å²) >= 11 is -1.14. The average molecular weight is 674 g/mol. The van der Waals surface area contributed by atoms with Crippen molar-refractivity contribution in [1.29, 1.82) is 0 Å². The van der Waals surface area contributed by atoms with Gasteiger partial charge in [-0.25, -0.2) is 0 Å². The molecule has 2 aliphatic rings. The standard InChI is InChI=1S/C17H24P.C13H9.2ClH.Hf/c1-13(2)11-18(12-14(3)4)17-9-15-7-5-6-8-16(15)10-17;1-3-7-12-10(5-1)9-11-6-2-4-8-13(11)12;;;/h5-10,13-14H,11-12H2,1-4H3;1-5,7-8H,9H2;2*1H;/q;;;;+2/p-2. The first kappa shape index (κ1) is 27.9. The van der Waals surface area contributed by atoms with Gasteiger partial charge in [-0.1, -0.05) is 0 Å². The molecule has 0 aromatic heterocycles. The van der Waals surface area contributed by atoms with E-state index in [1.807, 2.05) is 5.31 Å². The van der Waals surface area contributed by atoms with Gasteiger partial charge in [0.25, 0.3) is 0 Å². The van der Waals surface area contributed by atoms with Crippen molar-refractivity contribution in [3.63, 3.8) is 0 Å². The number of hydrogen-bond donors (Lipinski definition) is 0. The first-order valence-electron chi connectivity index (χ1n) is 12.0. The maximum absolute atomic E-state index is 2.63. The zero-order chi connectivity index (χ0) is 22.2. The average Bonchev–Trinajstić information content (AvgIpc) is 3.32. The summed E-state index contributed by atoms with van der Waals surface area (Å²) < 4.78 is 2.47. The number of allylic oxidation sites excluding steroid dienone is 1. The van der Waals surface area contributed by atoms with Crippen LogP contribution in [0.15, 0.2) is 72.0 Å². The molecule has 5 rings (SSSR count). The zero-order valence-electron chi connectivity index (χ0n) is 20.5. The predicted octanol–water partition coefficient (Wildman–Crippen LogP) is 1.86. The number of hydrogen-bond acceptors (Lipinski definition) is 0. The third kappa shape index (κ3) is 5.64. The molecule has 0 nitrogen and oxygen atoms in total. The second kappa shape index (κ2) is 12.0. The van der Waals surface area contributed by atoms with Crippen molar-refractivity contribution in [3.05, 3.63) is 94.3 Å². The van der Waals surface area contributed by atoms with E-state index in [1.54, 1.807) is 14.4 Å². The third-order valence-electron chi connectivity index (χ3n) is 6.59. The van der Waals surface area contributed by atoms with Crippen molar-refractivity contribution in [2.75, 3.05) is 12.3 Å². The molecule has 0 saturated heterocycles. The van der Waals surface area contributed by atoms with Crippen molar-refractivity contribution in [2.24, 2.45) is 11.8 Å². The predicted molar refractivity (Wildman–Crippen MR) is 138 cm³/mol. The molecule has 3 aromatic carbocycles. The molecule has 0 spiro atoms. The van der Waals surface area contributed by atoms with Crippen LogP contribution in [-0.4, -0.2) is 12.3 Å². The summed E-state index contributed by atoms with van der Waals surface area (Å²) in [4.78, 5) is 0. The summed E-state index contributed by atoms with van der Waals surface area (Å²) in [5, 5.41) is 1.83. The Morgan fingerprint density at radius 3 is 2.18 bits per heavy atom. The molecule has 3 aromatic rings. The molecule has 176 valence electrons. The van der Waals surface area contributed by atoms with Gasteiger partial charge in [-0.05, 0) is 0 Å². The van der Waals surface area contributed by atoms with E-state index in [1.165, 1.54) is 34.6 Å². The second-order valence-corrected chi connectivity index (χ2v) is 17.5. The molecule has 1 unspecified atom stereocenters. The van der Waals surface area contributed by atoms with Gasteiger partial charge in [0.15, 0.2) is 0 Å². The van der Waals surface area contributed by atoms with E-state index in [2.05, 4.69) is 101 Å². The molecule has 0 amide bonds. The van der Waals surface area contributed by atoms with Crippen LogP contribution in [0.2, 0.25) is 0 Å². The van der Waals surface area contributed by atoms with E-state index in [-0.39, 0.29) is 32.7 Å². The molecule has 0 bridgehead atoms. The number of benzene rings is 3. The van der Waals surface area contributed by atoms with E-state index in [4.69, 9.17) is 0 Å². The SMILES string of the molecule is CC(C)CP(CC(C)C)C1=Cc2ccccc2[CH]1[Hf+2][c]1cccc2c1Cc1ccccc1-2.[Cl-].[Cl-]. The summed E-state index contributed by atoms with van der Waals surface area (Å²) in [6, 6.07) is 25.5. The number of halogens is 2. The van der Waals surface area contributed by atoms with Crippen LogP contribution < -0.4 is 28.1 Å². The van der Waals surface area contributed by atoms with Crippen LogP contribution in [0.3, 0.4) is 0 Å². The van der Waals surface area contributed by atoms with Crippen LogP contribution in [0.25, 0.3) is 17.2 Å². The van der Waals surface area contributed by atoms with E-state index in [0.717, 1.165) is 21.9 Å². The molecule has 34 heavy (non-hydrogen) atoms. The van der Waals surface area contributed by atoms with Crippen LogP contribution >= 0.6 is 7.92 Å². The Kier molecular flexibility index (Phi) is 9.84. The fourth-order valence-electron chi connectivity index (χ4n) is 5.35. The molecular weight excluding hydrogens is 641 g/mol. The Labute approximate surface area is 231 Å². The summed E-state index contributed by atoms with van der Waals surface area (Å²) in [5.74, 6) is 1.54. The number of rotatable bonds is 7. The molecule has 0 heterocycles. The summed E-state index contributed by atoms with van der Waals surface area (Å²) in [7, 11) is -0.0654. The van der Waals surface area contributed by atoms with Gasteiger partial charge in [-0.2, -0.15) is 0 Å². The van der Waals surface area contributed by atoms with Gasteiger partial charge < -0.3 is 24.8 Å². The topological polar surface area (TPSA) is 0 Å². The van der Waals surface area contributed by atoms with Crippen molar-refractivity contribution in [2.45, 2.75) is 37.8 Å². The molecule has 0 aliphatic heterocycles. The van der Waals surface area contributed by atoms with Crippen LogP contribution in [0.5, 0.6) is 0 Å². The van der Waals surface area contributed by atoms with E-state index < -0.39 is 22.9 Å². The van der Waals surface area contributed by atoms with Gasteiger partial charge >= 0.3 is 208 Å². The van der Waals surface area contributed by atoms with Gasteiger partial charge in [0.2, 0.25) is 0 Å². The minimum atomic E-state index is -1.14. The Bertz CT molecular complexity index is 1160.